The molecule has 0 saturated carbocycles. The molecular formula is C13H21N3O3S. The van der Waals surface area contributed by atoms with Crippen molar-refractivity contribution in [1.82, 2.24) is 0 Å². The highest BCUT2D eigenvalue weighted by molar-refractivity contribution is 7.90. The molecule has 0 aliphatic heterocycles. The summed E-state index contributed by atoms with van der Waals surface area (Å²) in [6.45, 7) is 0. The summed E-state index contributed by atoms with van der Waals surface area (Å²) in [6, 6.07) is 6.48. The predicted octanol–water partition coefficient (Wildman–Crippen LogP) is 0.453. The average Bonchev–Trinajstić information content (AvgIpc) is 2.35. The molecule has 1 amide bonds. The van der Waals surface area contributed by atoms with Crippen molar-refractivity contribution < 1.29 is 13.2 Å². The molecule has 7 heteroatoms. The minimum atomic E-state index is -3.11. The molecule has 20 heavy (non-hydrogen) atoms. The second-order valence-corrected chi connectivity index (χ2v) is 7.22. The van der Waals surface area contributed by atoms with Gasteiger partial charge >= 0.3 is 0 Å². The summed E-state index contributed by atoms with van der Waals surface area (Å²) in [6.07, 6.45) is 1.23. The van der Waals surface area contributed by atoms with Crippen LogP contribution < -0.4 is 16.0 Å². The van der Waals surface area contributed by atoms with Crippen LogP contribution in [0.4, 0.5) is 11.4 Å². The van der Waals surface area contributed by atoms with Gasteiger partial charge in [-0.05, 0) is 24.6 Å². The van der Waals surface area contributed by atoms with Crippen LogP contribution in [0.5, 0.6) is 0 Å². The van der Waals surface area contributed by atoms with E-state index in [2.05, 4.69) is 5.32 Å². The molecule has 1 atom stereocenters. The Bertz CT molecular complexity index is 570. The highest BCUT2D eigenvalue weighted by Gasteiger charge is 2.16. The SMILES string of the molecule is CN(C)c1cccc(NC(=O)C(N)CCS(C)(=O)=O)c1. The minimum Gasteiger partial charge on any atom is -0.378 e. The molecule has 1 unspecified atom stereocenters. The third-order valence-corrected chi connectivity index (χ3v) is 3.74. The molecule has 0 aliphatic rings. The first-order valence-electron chi connectivity index (χ1n) is 6.20. The van der Waals surface area contributed by atoms with Crippen LogP contribution in [-0.2, 0) is 14.6 Å². The Balaban J connectivity index is 2.63. The Morgan fingerprint density at radius 1 is 1.40 bits per heavy atom. The Kier molecular flexibility index (Phi) is 5.52. The molecule has 6 nitrogen and oxygen atoms in total. The van der Waals surface area contributed by atoms with E-state index in [0.29, 0.717) is 5.69 Å². The van der Waals surface area contributed by atoms with Gasteiger partial charge in [0.25, 0.3) is 0 Å². The molecule has 3 N–H and O–H groups in total. The summed E-state index contributed by atoms with van der Waals surface area (Å²) in [4.78, 5) is 13.8. The number of benzene rings is 1. The second-order valence-electron chi connectivity index (χ2n) is 4.96. The van der Waals surface area contributed by atoms with Crippen molar-refractivity contribution in [3.8, 4) is 0 Å². The van der Waals surface area contributed by atoms with Crippen molar-refractivity contribution in [3.63, 3.8) is 0 Å². The molecule has 112 valence electrons. The van der Waals surface area contributed by atoms with E-state index in [1.54, 1.807) is 6.07 Å². The molecule has 1 aromatic rings. The monoisotopic (exact) mass is 299 g/mol. The summed E-state index contributed by atoms with van der Waals surface area (Å²) in [5.74, 6) is -0.483. The highest BCUT2D eigenvalue weighted by atomic mass is 32.2. The fraction of sp³-hybridized carbons (Fsp3) is 0.462. The Labute approximate surface area is 119 Å². The number of carbonyl (C=O) groups excluding carboxylic acids is 1. The largest absolute Gasteiger partial charge is 0.378 e. The van der Waals surface area contributed by atoms with Crippen molar-refractivity contribution in [2.45, 2.75) is 12.5 Å². The third-order valence-electron chi connectivity index (χ3n) is 2.77. The maximum atomic E-state index is 11.9. The quantitative estimate of drug-likeness (QED) is 0.796. The van der Waals surface area contributed by atoms with Crippen molar-refractivity contribution >= 4 is 27.1 Å². The minimum absolute atomic E-state index is 0.0979. The maximum Gasteiger partial charge on any atom is 0.241 e. The standard InChI is InChI=1S/C13H21N3O3S/c1-16(2)11-6-4-5-10(9-11)15-13(17)12(14)7-8-20(3,18)19/h4-6,9,12H,7-8,14H2,1-3H3,(H,15,17). The van der Waals surface area contributed by atoms with E-state index >= 15 is 0 Å². The maximum absolute atomic E-state index is 11.9. The van der Waals surface area contributed by atoms with Crippen LogP contribution in [0.1, 0.15) is 6.42 Å². The van der Waals surface area contributed by atoms with Crippen LogP contribution in [0.15, 0.2) is 24.3 Å². The van der Waals surface area contributed by atoms with E-state index in [-0.39, 0.29) is 18.1 Å². The Morgan fingerprint density at radius 2 is 2.05 bits per heavy atom. The van der Waals surface area contributed by atoms with Gasteiger partial charge in [0.05, 0.1) is 11.8 Å². The van der Waals surface area contributed by atoms with Crippen LogP contribution in [-0.4, -0.2) is 46.5 Å². The van der Waals surface area contributed by atoms with Crippen LogP contribution in [0.3, 0.4) is 0 Å². The van der Waals surface area contributed by atoms with Crippen molar-refractivity contribution in [1.29, 1.82) is 0 Å². The number of rotatable bonds is 6. The molecule has 0 heterocycles. The first-order chi connectivity index (χ1) is 9.19. The van der Waals surface area contributed by atoms with Crippen molar-refractivity contribution in [3.05, 3.63) is 24.3 Å². The van der Waals surface area contributed by atoms with Gasteiger partial charge in [-0.1, -0.05) is 6.07 Å². The summed E-state index contributed by atoms with van der Waals surface area (Å²) in [5.41, 5.74) is 7.27. The Morgan fingerprint density at radius 3 is 2.60 bits per heavy atom. The number of nitrogens with one attached hydrogen (secondary N) is 1. The first-order valence-corrected chi connectivity index (χ1v) is 8.26. The number of anilines is 2. The molecule has 1 rings (SSSR count). The van der Waals surface area contributed by atoms with E-state index in [9.17, 15) is 13.2 Å². The van der Waals surface area contributed by atoms with Gasteiger partial charge in [0.1, 0.15) is 9.84 Å². The van der Waals surface area contributed by atoms with Gasteiger partial charge in [0, 0.05) is 31.7 Å². The van der Waals surface area contributed by atoms with Gasteiger partial charge in [-0.3, -0.25) is 4.79 Å². The van der Waals surface area contributed by atoms with Crippen LogP contribution in [0.25, 0.3) is 0 Å². The molecule has 1 aromatic carbocycles. The molecule has 0 fully saturated rings. The highest BCUT2D eigenvalue weighted by Crippen LogP contribution is 2.17. The van der Waals surface area contributed by atoms with Gasteiger partial charge in [-0.25, -0.2) is 8.42 Å². The first kappa shape index (κ1) is 16.5. The summed E-state index contributed by atoms with van der Waals surface area (Å²) >= 11 is 0. The van der Waals surface area contributed by atoms with Gasteiger partial charge in [0.2, 0.25) is 5.91 Å². The van der Waals surface area contributed by atoms with Crippen LogP contribution >= 0.6 is 0 Å². The van der Waals surface area contributed by atoms with Gasteiger partial charge < -0.3 is 16.0 Å². The lowest BCUT2D eigenvalue weighted by atomic mass is 10.2. The third kappa shape index (κ3) is 5.58. The van der Waals surface area contributed by atoms with Gasteiger partial charge in [0.15, 0.2) is 0 Å². The lowest BCUT2D eigenvalue weighted by molar-refractivity contribution is -0.117. The molecule has 0 bridgehead atoms. The fourth-order valence-corrected chi connectivity index (χ4v) is 2.25. The van der Waals surface area contributed by atoms with Crippen molar-refractivity contribution in [2.75, 3.05) is 36.3 Å². The van der Waals surface area contributed by atoms with E-state index < -0.39 is 15.9 Å². The molecule has 0 aliphatic carbocycles. The van der Waals surface area contributed by atoms with E-state index in [1.807, 2.05) is 37.2 Å². The molecule has 0 aromatic heterocycles. The average molecular weight is 299 g/mol. The lowest BCUT2D eigenvalue weighted by Gasteiger charge is -2.15. The molecule has 0 saturated heterocycles. The topological polar surface area (TPSA) is 92.5 Å². The molecule has 0 spiro atoms. The zero-order valence-corrected chi connectivity index (χ0v) is 12.8. The van der Waals surface area contributed by atoms with Crippen LogP contribution in [0.2, 0.25) is 0 Å². The Hall–Kier alpha value is -1.60. The molecular weight excluding hydrogens is 278 g/mol. The number of sulfone groups is 1. The van der Waals surface area contributed by atoms with Gasteiger partial charge in [-0.15, -0.1) is 0 Å². The zero-order chi connectivity index (χ0) is 15.3. The number of hydrogen-bond donors (Lipinski definition) is 2. The summed E-state index contributed by atoms with van der Waals surface area (Å²) in [7, 11) is 0.693. The fourth-order valence-electron chi connectivity index (χ4n) is 1.57. The van der Waals surface area contributed by atoms with E-state index in [4.69, 9.17) is 5.73 Å². The second kappa shape index (κ2) is 6.71. The number of amides is 1. The molecule has 0 radical (unpaired) electrons. The summed E-state index contributed by atoms with van der Waals surface area (Å²) < 4.78 is 22.1. The normalized spacial score (nSPS) is 12.8. The van der Waals surface area contributed by atoms with E-state index in [1.165, 1.54) is 0 Å². The van der Waals surface area contributed by atoms with E-state index in [0.717, 1.165) is 11.9 Å². The predicted molar refractivity (Wildman–Crippen MR) is 81.7 cm³/mol. The van der Waals surface area contributed by atoms with Crippen LogP contribution in [0, 0.1) is 0 Å². The number of carbonyl (C=O) groups is 1. The zero-order valence-electron chi connectivity index (χ0n) is 12.0. The lowest BCUT2D eigenvalue weighted by Crippen LogP contribution is -2.37. The summed E-state index contributed by atoms with van der Waals surface area (Å²) in [5, 5.41) is 2.69. The number of nitrogens with two attached hydrogens (primary N) is 1. The smallest absolute Gasteiger partial charge is 0.241 e. The number of nitrogens with zero attached hydrogens (tertiary/aromatic N) is 1. The van der Waals surface area contributed by atoms with Gasteiger partial charge in [-0.2, -0.15) is 0 Å². The number of hydrogen-bond acceptors (Lipinski definition) is 5. The van der Waals surface area contributed by atoms with Crippen molar-refractivity contribution in [2.24, 2.45) is 5.73 Å².